The number of hydrogen-bond donors (Lipinski definition) is 2. The van der Waals surface area contributed by atoms with Crippen molar-refractivity contribution in [1.82, 2.24) is 5.32 Å². The van der Waals surface area contributed by atoms with Crippen LogP contribution in [0.15, 0.2) is 42.5 Å². The summed E-state index contributed by atoms with van der Waals surface area (Å²) >= 11 is 0. The van der Waals surface area contributed by atoms with Crippen LogP contribution in [-0.4, -0.2) is 27.2 Å². The van der Waals surface area contributed by atoms with E-state index in [1.54, 1.807) is 24.3 Å². The average molecular weight is 360 g/mol. The Bertz CT molecular complexity index is 909. The maximum absolute atomic E-state index is 12.5. The molecule has 0 aliphatic carbocycles. The van der Waals surface area contributed by atoms with Crippen molar-refractivity contribution >= 4 is 21.6 Å². The number of ether oxygens (including phenoxy) is 1. The Morgan fingerprint density at radius 1 is 1.20 bits per heavy atom. The molecule has 1 heterocycles. The molecule has 0 bridgehead atoms. The summed E-state index contributed by atoms with van der Waals surface area (Å²) in [6.45, 7) is 2.50. The van der Waals surface area contributed by atoms with Gasteiger partial charge in [-0.05, 0) is 48.4 Å². The summed E-state index contributed by atoms with van der Waals surface area (Å²) in [4.78, 5) is 12.5. The normalized spacial score (nSPS) is 14.3. The fraction of sp³-hybridized carbons (Fsp3) is 0.278. The van der Waals surface area contributed by atoms with Gasteiger partial charge in [0.25, 0.3) is 5.91 Å². The van der Waals surface area contributed by atoms with Gasteiger partial charge in [0, 0.05) is 17.7 Å². The number of anilines is 1. The Morgan fingerprint density at radius 3 is 2.76 bits per heavy atom. The first-order valence-corrected chi connectivity index (χ1v) is 9.85. The van der Waals surface area contributed by atoms with Gasteiger partial charge in [0.1, 0.15) is 5.75 Å². The minimum atomic E-state index is -3.34. The van der Waals surface area contributed by atoms with Crippen molar-refractivity contribution < 1.29 is 17.9 Å². The van der Waals surface area contributed by atoms with Gasteiger partial charge >= 0.3 is 0 Å². The molecule has 0 fully saturated rings. The number of sulfonamides is 1. The Hall–Kier alpha value is -2.54. The topological polar surface area (TPSA) is 84.5 Å². The van der Waals surface area contributed by atoms with E-state index in [-0.39, 0.29) is 11.9 Å². The van der Waals surface area contributed by atoms with E-state index >= 15 is 0 Å². The van der Waals surface area contributed by atoms with E-state index < -0.39 is 10.0 Å². The van der Waals surface area contributed by atoms with Gasteiger partial charge in [-0.25, -0.2) is 8.42 Å². The molecule has 0 saturated heterocycles. The molecule has 2 N–H and O–H groups in total. The molecule has 0 saturated carbocycles. The second kappa shape index (κ2) is 6.76. The summed E-state index contributed by atoms with van der Waals surface area (Å²) in [5, 5.41) is 2.94. The van der Waals surface area contributed by atoms with E-state index in [1.807, 2.05) is 25.1 Å². The van der Waals surface area contributed by atoms with Gasteiger partial charge in [0.15, 0.2) is 0 Å². The third-order valence-corrected chi connectivity index (χ3v) is 4.60. The first-order chi connectivity index (χ1) is 11.8. The predicted molar refractivity (Wildman–Crippen MR) is 96.4 cm³/mol. The highest BCUT2D eigenvalue weighted by Crippen LogP contribution is 2.26. The lowest BCUT2D eigenvalue weighted by Gasteiger charge is -2.16. The molecule has 2 aromatic rings. The lowest BCUT2D eigenvalue weighted by atomic mass is 10.1. The monoisotopic (exact) mass is 360 g/mol. The van der Waals surface area contributed by atoms with Gasteiger partial charge in [-0.1, -0.05) is 12.1 Å². The van der Waals surface area contributed by atoms with Crippen molar-refractivity contribution in [2.45, 2.75) is 19.4 Å². The molecule has 1 aliphatic rings. The van der Waals surface area contributed by atoms with Crippen LogP contribution >= 0.6 is 0 Å². The molecule has 2 aromatic carbocycles. The van der Waals surface area contributed by atoms with Gasteiger partial charge in [-0.2, -0.15) is 0 Å². The van der Waals surface area contributed by atoms with Crippen LogP contribution in [0.1, 0.15) is 34.5 Å². The summed E-state index contributed by atoms with van der Waals surface area (Å²) < 4.78 is 30.6. The fourth-order valence-corrected chi connectivity index (χ4v) is 3.33. The Kier molecular flexibility index (Phi) is 4.67. The number of carbonyl (C=O) groups excluding carboxylic acids is 1. The van der Waals surface area contributed by atoms with Crippen LogP contribution in [0.2, 0.25) is 0 Å². The van der Waals surface area contributed by atoms with E-state index in [2.05, 4.69) is 10.0 Å². The predicted octanol–water partition coefficient (Wildman–Crippen LogP) is 2.48. The van der Waals surface area contributed by atoms with Crippen LogP contribution in [-0.2, 0) is 16.4 Å². The zero-order valence-electron chi connectivity index (χ0n) is 14.1. The highest BCUT2D eigenvalue weighted by molar-refractivity contribution is 7.92. The fourth-order valence-electron chi connectivity index (χ4n) is 2.78. The Labute approximate surface area is 147 Å². The van der Waals surface area contributed by atoms with Crippen molar-refractivity contribution in [2.24, 2.45) is 0 Å². The number of amides is 1. The van der Waals surface area contributed by atoms with Crippen molar-refractivity contribution in [3.05, 3.63) is 59.2 Å². The third kappa shape index (κ3) is 4.30. The molecule has 6 nitrogen and oxygen atoms in total. The smallest absolute Gasteiger partial charge is 0.251 e. The zero-order valence-corrected chi connectivity index (χ0v) is 14.9. The summed E-state index contributed by atoms with van der Waals surface area (Å²) in [5.74, 6) is 0.660. The first-order valence-electron chi connectivity index (χ1n) is 7.96. The number of carbonyl (C=O) groups is 1. The van der Waals surface area contributed by atoms with E-state index in [9.17, 15) is 13.2 Å². The summed E-state index contributed by atoms with van der Waals surface area (Å²) in [7, 11) is -3.34. The third-order valence-electron chi connectivity index (χ3n) is 3.99. The highest BCUT2D eigenvalue weighted by Gasteiger charge is 2.17. The van der Waals surface area contributed by atoms with Crippen LogP contribution in [0, 0.1) is 0 Å². The first kappa shape index (κ1) is 17.3. The van der Waals surface area contributed by atoms with Crippen molar-refractivity contribution in [3.63, 3.8) is 0 Å². The van der Waals surface area contributed by atoms with E-state index in [4.69, 9.17) is 4.74 Å². The molecule has 0 spiro atoms. The molecule has 1 amide bonds. The van der Waals surface area contributed by atoms with Gasteiger partial charge in [-0.15, -0.1) is 0 Å². The van der Waals surface area contributed by atoms with Crippen molar-refractivity contribution in [1.29, 1.82) is 0 Å². The van der Waals surface area contributed by atoms with Gasteiger partial charge in [0.05, 0.1) is 18.9 Å². The SMILES string of the molecule is C[C@H](NC(=O)c1ccc2c(c1)CCO2)c1cccc(NS(C)(=O)=O)c1. The molecule has 1 aliphatic heterocycles. The largest absolute Gasteiger partial charge is 0.493 e. The molecule has 1 atom stereocenters. The van der Waals surface area contributed by atoms with Crippen LogP contribution < -0.4 is 14.8 Å². The number of nitrogens with one attached hydrogen (secondary N) is 2. The van der Waals surface area contributed by atoms with Gasteiger partial charge in [-0.3, -0.25) is 9.52 Å². The van der Waals surface area contributed by atoms with Crippen molar-refractivity contribution in [3.8, 4) is 5.75 Å². The summed E-state index contributed by atoms with van der Waals surface area (Å²) in [6, 6.07) is 12.1. The summed E-state index contributed by atoms with van der Waals surface area (Å²) in [5.41, 5.74) is 2.91. The second-order valence-corrected chi connectivity index (χ2v) is 7.86. The summed E-state index contributed by atoms with van der Waals surface area (Å²) in [6.07, 6.45) is 1.91. The molecule has 0 aromatic heterocycles. The standard InChI is InChI=1S/C18H20N2O4S/c1-12(13-4-3-5-16(11-13)20-25(2,22)23)19-18(21)15-6-7-17-14(10-15)8-9-24-17/h3-7,10-12,20H,8-9H2,1-2H3,(H,19,21)/t12-/m0/s1. The molecule has 25 heavy (non-hydrogen) atoms. The van der Waals surface area contributed by atoms with Gasteiger partial charge in [0.2, 0.25) is 10.0 Å². The minimum Gasteiger partial charge on any atom is -0.493 e. The van der Waals surface area contributed by atoms with Crippen LogP contribution in [0.5, 0.6) is 5.75 Å². The van der Waals surface area contributed by atoms with Crippen LogP contribution in [0.3, 0.4) is 0 Å². The van der Waals surface area contributed by atoms with E-state index in [1.165, 1.54) is 0 Å². The van der Waals surface area contributed by atoms with Gasteiger partial charge < -0.3 is 10.1 Å². The maximum Gasteiger partial charge on any atom is 0.251 e. The van der Waals surface area contributed by atoms with Crippen LogP contribution in [0.4, 0.5) is 5.69 Å². The lowest BCUT2D eigenvalue weighted by molar-refractivity contribution is 0.0940. The number of hydrogen-bond acceptors (Lipinski definition) is 4. The van der Waals surface area contributed by atoms with Crippen LogP contribution in [0.25, 0.3) is 0 Å². The second-order valence-electron chi connectivity index (χ2n) is 6.12. The molecular formula is C18H20N2O4S. The Morgan fingerprint density at radius 2 is 2.00 bits per heavy atom. The molecule has 3 rings (SSSR count). The number of fused-ring (bicyclic) bond motifs is 1. The average Bonchev–Trinajstić information content (AvgIpc) is 3.01. The lowest BCUT2D eigenvalue weighted by Crippen LogP contribution is -2.26. The molecule has 0 unspecified atom stereocenters. The maximum atomic E-state index is 12.5. The van der Waals surface area contributed by atoms with Crippen molar-refractivity contribution in [2.75, 3.05) is 17.6 Å². The molecule has 7 heteroatoms. The molecule has 132 valence electrons. The Balaban J connectivity index is 1.72. The quantitative estimate of drug-likeness (QED) is 0.858. The van der Waals surface area contributed by atoms with E-state index in [0.717, 1.165) is 29.6 Å². The van der Waals surface area contributed by atoms with E-state index in [0.29, 0.717) is 17.9 Å². The molecular weight excluding hydrogens is 340 g/mol. The zero-order chi connectivity index (χ0) is 18.0. The highest BCUT2D eigenvalue weighted by atomic mass is 32.2. The molecule has 0 radical (unpaired) electrons. The number of benzene rings is 2. The number of rotatable bonds is 5. The minimum absolute atomic E-state index is 0.177.